The van der Waals surface area contributed by atoms with Crippen LogP contribution in [0.5, 0.6) is 5.75 Å². The minimum atomic E-state index is -3.00. The minimum absolute atomic E-state index is 0.486. The van der Waals surface area contributed by atoms with E-state index in [4.69, 9.17) is 22.4 Å². The van der Waals surface area contributed by atoms with Gasteiger partial charge in [-0.1, -0.05) is 11.6 Å². The molecule has 14 heavy (non-hydrogen) atoms. The number of carbonyl (C=O) groups excluding carboxylic acids is 1. The van der Waals surface area contributed by atoms with Crippen LogP contribution in [0.15, 0.2) is 6.20 Å². The van der Waals surface area contributed by atoms with Crippen LogP contribution >= 0.6 is 11.6 Å². The zero-order valence-corrected chi connectivity index (χ0v) is 7.42. The van der Waals surface area contributed by atoms with E-state index in [0.717, 1.165) is 0 Å². The van der Waals surface area contributed by atoms with Gasteiger partial charge in [0.05, 0.1) is 16.8 Å². The summed E-state index contributed by atoms with van der Waals surface area (Å²) >= 11 is 5.40. The van der Waals surface area contributed by atoms with Crippen LogP contribution in [0.2, 0.25) is 5.02 Å². The molecule has 76 valence electrons. The third-order valence-corrected chi connectivity index (χ3v) is 1.87. The molecular formula is C7H5ClF2N2O2. The van der Waals surface area contributed by atoms with Gasteiger partial charge in [-0.05, 0) is 0 Å². The molecule has 1 aromatic heterocycles. The van der Waals surface area contributed by atoms with Gasteiger partial charge in [-0.2, -0.15) is 0 Å². The quantitative estimate of drug-likeness (QED) is 0.796. The fourth-order valence-corrected chi connectivity index (χ4v) is 1.19. The summed E-state index contributed by atoms with van der Waals surface area (Å²) in [6.45, 7) is 0. The fraction of sp³-hybridized carbons (Fsp3) is 0.143. The van der Waals surface area contributed by atoms with Gasteiger partial charge in [0.2, 0.25) is 0 Å². The summed E-state index contributed by atoms with van der Waals surface area (Å²) in [5, 5.41) is 8.37. The first-order chi connectivity index (χ1) is 6.45. The first-order valence-corrected chi connectivity index (χ1v) is 3.78. The average molecular weight is 223 g/mol. The van der Waals surface area contributed by atoms with Crippen LogP contribution < -0.4 is 5.73 Å². The lowest BCUT2D eigenvalue weighted by Crippen LogP contribution is -2.14. The van der Waals surface area contributed by atoms with Crippen molar-refractivity contribution in [1.29, 1.82) is 0 Å². The van der Waals surface area contributed by atoms with Crippen molar-refractivity contribution >= 4 is 17.5 Å². The SMILES string of the molecule is NC(=O)c1ncc(O)c(C(F)F)c1Cl. The summed E-state index contributed by atoms with van der Waals surface area (Å²) < 4.78 is 24.6. The van der Waals surface area contributed by atoms with Crippen molar-refractivity contribution in [2.24, 2.45) is 5.73 Å². The monoisotopic (exact) mass is 222 g/mol. The molecule has 7 heteroatoms. The average Bonchev–Trinajstić information content (AvgIpc) is 2.02. The Morgan fingerprint density at radius 3 is 2.64 bits per heavy atom. The highest BCUT2D eigenvalue weighted by Gasteiger charge is 2.22. The van der Waals surface area contributed by atoms with Crippen molar-refractivity contribution in [3.8, 4) is 5.75 Å². The summed E-state index contributed by atoms with van der Waals surface area (Å²) in [4.78, 5) is 14.0. The number of alkyl halides is 2. The topological polar surface area (TPSA) is 76.2 Å². The normalized spacial score (nSPS) is 10.6. The lowest BCUT2D eigenvalue weighted by atomic mass is 10.2. The summed E-state index contributed by atoms with van der Waals surface area (Å²) in [6, 6.07) is 0. The lowest BCUT2D eigenvalue weighted by Gasteiger charge is -2.07. The molecule has 0 fully saturated rings. The number of aromatic hydroxyl groups is 1. The van der Waals surface area contributed by atoms with E-state index in [2.05, 4.69) is 4.98 Å². The molecule has 1 heterocycles. The van der Waals surface area contributed by atoms with Gasteiger partial charge in [0.1, 0.15) is 11.4 Å². The van der Waals surface area contributed by atoms with E-state index in [1.807, 2.05) is 0 Å². The van der Waals surface area contributed by atoms with Crippen LogP contribution in [0.1, 0.15) is 22.5 Å². The number of nitrogens with zero attached hydrogens (tertiary/aromatic N) is 1. The standard InChI is InChI=1S/C7H5ClF2N2O2/c8-4-3(6(9)10)2(13)1-12-5(4)7(11)14/h1,6,13H,(H2,11,14). The number of nitrogens with two attached hydrogens (primary N) is 1. The van der Waals surface area contributed by atoms with E-state index in [-0.39, 0.29) is 0 Å². The molecule has 1 amide bonds. The van der Waals surface area contributed by atoms with Gasteiger partial charge in [-0.3, -0.25) is 4.79 Å². The fourth-order valence-electron chi connectivity index (χ4n) is 0.871. The molecule has 0 spiro atoms. The Labute approximate surface area is 82.3 Å². The Hall–Kier alpha value is -1.43. The molecular weight excluding hydrogens is 218 g/mol. The number of amides is 1. The first kappa shape index (κ1) is 10.6. The number of primary amides is 1. The molecule has 0 aromatic carbocycles. The predicted octanol–water partition coefficient (Wildman–Crippen LogP) is 1.48. The Bertz CT molecular complexity index is 384. The highest BCUT2D eigenvalue weighted by Crippen LogP contribution is 2.35. The summed E-state index contributed by atoms with van der Waals surface area (Å²) in [7, 11) is 0. The van der Waals surface area contributed by atoms with Crippen molar-refractivity contribution in [2.45, 2.75) is 6.43 Å². The third-order valence-electron chi connectivity index (χ3n) is 1.49. The molecule has 1 aromatic rings. The van der Waals surface area contributed by atoms with Gasteiger partial charge in [-0.15, -0.1) is 0 Å². The van der Waals surface area contributed by atoms with E-state index in [0.29, 0.717) is 6.20 Å². The van der Waals surface area contributed by atoms with Crippen molar-refractivity contribution in [2.75, 3.05) is 0 Å². The third kappa shape index (κ3) is 1.74. The van der Waals surface area contributed by atoms with Gasteiger partial charge >= 0.3 is 0 Å². The molecule has 0 radical (unpaired) electrons. The van der Waals surface area contributed by atoms with Gasteiger partial charge in [0.15, 0.2) is 0 Å². The Morgan fingerprint density at radius 1 is 1.64 bits per heavy atom. The maximum absolute atomic E-state index is 12.3. The summed E-state index contributed by atoms with van der Waals surface area (Å²) in [5.41, 5.74) is 3.50. The van der Waals surface area contributed by atoms with Crippen LogP contribution in [0.3, 0.4) is 0 Å². The minimum Gasteiger partial charge on any atom is -0.506 e. The highest BCUT2D eigenvalue weighted by molar-refractivity contribution is 6.34. The van der Waals surface area contributed by atoms with Crippen LogP contribution in [-0.4, -0.2) is 16.0 Å². The number of carbonyl (C=O) groups is 1. The molecule has 3 N–H and O–H groups in total. The van der Waals surface area contributed by atoms with Gasteiger partial charge in [0, 0.05) is 0 Å². The molecule has 0 atom stereocenters. The van der Waals surface area contributed by atoms with E-state index < -0.39 is 34.4 Å². The summed E-state index contributed by atoms with van der Waals surface area (Å²) in [6.07, 6.45) is -2.29. The molecule has 0 bridgehead atoms. The van der Waals surface area contributed by atoms with Crippen molar-refractivity contribution in [3.63, 3.8) is 0 Å². The van der Waals surface area contributed by atoms with Crippen molar-refractivity contribution < 1.29 is 18.7 Å². The maximum atomic E-state index is 12.3. The summed E-state index contributed by atoms with van der Waals surface area (Å²) in [5.74, 6) is -1.80. The second kappa shape index (κ2) is 3.75. The van der Waals surface area contributed by atoms with Crippen LogP contribution in [-0.2, 0) is 0 Å². The molecule has 0 saturated heterocycles. The highest BCUT2D eigenvalue weighted by atomic mass is 35.5. The van der Waals surface area contributed by atoms with Gasteiger partial charge in [-0.25, -0.2) is 13.8 Å². The molecule has 0 saturated carbocycles. The molecule has 4 nitrogen and oxygen atoms in total. The Balaban J connectivity index is 3.41. The number of aromatic nitrogens is 1. The molecule has 0 unspecified atom stereocenters. The van der Waals surface area contributed by atoms with E-state index in [9.17, 15) is 13.6 Å². The van der Waals surface area contributed by atoms with Gasteiger partial charge < -0.3 is 10.8 Å². The second-order valence-electron chi connectivity index (χ2n) is 2.38. The number of pyridine rings is 1. The predicted molar refractivity (Wildman–Crippen MR) is 44.4 cm³/mol. The van der Waals surface area contributed by atoms with E-state index >= 15 is 0 Å². The van der Waals surface area contributed by atoms with E-state index in [1.54, 1.807) is 0 Å². The number of hydrogen-bond donors (Lipinski definition) is 2. The van der Waals surface area contributed by atoms with Crippen LogP contribution in [0.25, 0.3) is 0 Å². The zero-order valence-electron chi connectivity index (χ0n) is 6.67. The molecule has 0 aliphatic rings. The van der Waals surface area contributed by atoms with Crippen LogP contribution in [0.4, 0.5) is 8.78 Å². The Morgan fingerprint density at radius 2 is 2.21 bits per heavy atom. The van der Waals surface area contributed by atoms with Crippen molar-refractivity contribution in [3.05, 3.63) is 22.5 Å². The van der Waals surface area contributed by atoms with Gasteiger partial charge in [0.25, 0.3) is 12.3 Å². The zero-order chi connectivity index (χ0) is 10.9. The number of halogens is 3. The lowest BCUT2D eigenvalue weighted by molar-refractivity contribution is 0.0995. The molecule has 1 rings (SSSR count). The largest absolute Gasteiger partial charge is 0.506 e. The van der Waals surface area contributed by atoms with Crippen LogP contribution in [0, 0.1) is 0 Å². The smallest absolute Gasteiger partial charge is 0.268 e. The van der Waals surface area contributed by atoms with E-state index in [1.165, 1.54) is 0 Å². The number of rotatable bonds is 2. The maximum Gasteiger partial charge on any atom is 0.268 e. The first-order valence-electron chi connectivity index (χ1n) is 3.40. The second-order valence-corrected chi connectivity index (χ2v) is 2.76. The van der Waals surface area contributed by atoms with Crippen molar-refractivity contribution in [1.82, 2.24) is 4.98 Å². The molecule has 0 aliphatic carbocycles. The number of hydrogen-bond acceptors (Lipinski definition) is 3. The Kier molecular flexibility index (Phi) is 2.85. The molecule has 0 aliphatic heterocycles.